The minimum atomic E-state index is -1.36. The Hall–Kier alpha value is -0.578. The molecule has 15 heavy (non-hydrogen) atoms. The Balaban J connectivity index is 3.32. The second-order valence-electron chi connectivity index (χ2n) is 5.15. The first-order valence-electron chi connectivity index (χ1n) is 5.21. The lowest BCUT2D eigenvalue weighted by Crippen LogP contribution is -2.43. The normalized spacial score (nSPS) is 11.7. The third-order valence-electron chi connectivity index (χ3n) is 2.70. The van der Waals surface area contributed by atoms with Crippen LogP contribution in [0.5, 0.6) is 0 Å². The van der Waals surface area contributed by atoms with E-state index in [0.717, 1.165) is 5.56 Å². The maximum atomic E-state index is 9.19. The Morgan fingerprint density at radius 1 is 1.00 bits per heavy atom. The molecule has 0 fully saturated rings. The van der Waals surface area contributed by atoms with Crippen LogP contribution in [-0.2, 0) is 0 Å². The Morgan fingerprint density at radius 3 is 1.93 bits per heavy atom. The van der Waals surface area contributed by atoms with Crippen LogP contribution in [0.3, 0.4) is 0 Å². The summed E-state index contributed by atoms with van der Waals surface area (Å²) in [5.74, 6) is 0. The molecule has 1 aromatic rings. The Morgan fingerprint density at radius 2 is 1.53 bits per heavy atom. The lowest BCUT2D eigenvalue weighted by Gasteiger charge is -2.21. The van der Waals surface area contributed by atoms with E-state index in [4.69, 9.17) is 0 Å². The van der Waals surface area contributed by atoms with Crippen LogP contribution in [0.15, 0.2) is 12.1 Å². The molecule has 0 aliphatic rings. The van der Waals surface area contributed by atoms with Crippen LogP contribution in [0.1, 0.15) is 11.1 Å². The predicted octanol–water partition coefficient (Wildman–Crippen LogP) is 0.528. The number of hydrogen-bond donors (Lipinski definition) is 2. The number of aryl methyl sites for hydroxylation is 2. The van der Waals surface area contributed by atoms with Crippen molar-refractivity contribution in [1.82, 2.24) is 0 Å². The average Bonchev–Trinajstić information content (AvgIpc) is 2.06. The fourth-order valence-electron chi connectivity index (χ4n) is 1.92. The van der Waals surface area contributed by atoms with E-state index < -0.39 is 15.2 Å². The van der Waals surface area contributed by atoms with Crippen LogP contribution in [0.2, 0.25) is 19.6 Å². The van der Waals surface area contributed by atoms with Gasteiger partial charge in [0.25, 0.3) is 0 Å². The molecule has 0 aliphatic heterocycles. The molecule has 0 bridgehead atoms. The average molecular weight is 222 g/mol. The molecule has 0 amide bonds. The first-order valence-corrected chi connectivity index (χ1v) is 8.71. The fraction of sp³-hybridized carbons (Fsp3) is 0.455. The summed E-state index contributed by atoms with van der Waals surface area (Å²) in [5, 5.41) is 19.8. The standard InChI is InChI=1S/C11H19BO2Si/c1-8-7-11(15(3,4)5)9(2)6-10(8)12(13)14/h6-7,13-14H,1-5H3. The molecular formula is C11H19BO2Si. The fourth-order valence-corrected chi connectivity index (χ4v) is 3.83. The summed E-state index contributed by atoms with van der Waals surface area (Å²) in [4.78, 5) is 0. The van der Waals surface area contributed by atoms with Gasteiger partial charge in [0.1, 0.15) is 0 Å². The zero-order valence-electron chi connectivity index (χ0n) is 10.1. The highest BCUT2D eigenvalue weighted by atomic mass is 28.3. The van der Waals surface area contributed by atoms with Crippen LogP contribution in [0.25, 0.3) is 0 Å². The molecule has 82 valence electrons. The Kier molecular flexibility index (Phi) is 3.43. The molecule has 1 aromatic carbocycles. The van der Waals surface area contributed by atoms with E-state index in [1.165, 1.54) is 10.8 Å². The number of hydrogen-bond acceptors (Lipinski definition) is 2. The van der Waals surface area contributed by atoms with E-state index in [0.29, 0.717) is 5.46 Å². The van der Waals surface area contributed by atoms with E-state index in [1.807, 2.05) is 19.9 Å². The van der Waals surface area contributed by atoms with Crippen molar-refractivity contribution < 1.29 is 10.0 Å². The molecule has 2 nitrogen and oxygen atoms in total. The lowest BCUT2D eigenvalue weighted by molar-refractivity contribution is 0.425. The summed E-state index contributed by atoms with van der Waals surface area (Å²) in [6, 6.07) is 4.00. The Bertz CT molecular complexity index is 370. The maximum Gasteiger partial charge on any atom is 0.488 e. The van der Waals surface area contributed by atoms with Gasteiger partial charge in [0.15, 0.2) is 0 Å². The summed E-state index contributed by atoms with van der Waals surface area (Å²) in [5.41, 5.74) is 2.75. The van der Waals surface area contributed by atoms with Gasteiger partial charge >= 0.3 is 7.12 Å². The van der Waals surface area contributed by atoms with Gasteiger partial charge < -0.3 is 10.0 Å². The van der Waals surface area contributed by atoms with E-state index >= 15 is 0 Å². The smallest absolute Gasteiger partial charge is 0.423 e. The van der Waals surface area contributed by atoms with Crippen molar-refractivity contribution in [2.24, 2.45) is 0 Å². The molecule has 0 saturated carbocycles. The molecule has 1 rings (SSSR count). The third kappa shape index (κ3) is 2.71. The van der Waals surface area contributed by atoms with E-state index in [-0.39, 0.29) is 0 Å². The second kappa shape index (κ2) is 4.12. The van der Waals surface area contributed by atoms with Gasteiger partial charge in [-0.05, 0) is 19.3 Å². The molecule has 0 spiro atoms. The highest BCUT2D eigenvalue weighted by molar-refractivity contribution is 6.89. The van der Waals surface area contributed by atoms with Crippen LogP contribution >= 0.6 is 0 Å². The molecule has 0 unspecified atom stereocenters. The number of rotatable bonds is 2. The van der Waals surface area contributed by atoms with Crippen molar-refractivity contribution in [2.75, 3.05) is 0 Å². The minimum absolute atomic E-state index is 0.620. The van der Waals surface area contributed by atoms with Gasteiger partial charge in [-0.15, -0.1) is 0 Å². The Labute approximate surface area is 93.1 Å². The minimum Gasteiger partial charge on any atom is -0.423 e. The van der Waals surface area contributed by atoms with Gasteiger partial charge in [0.2, 0.25) is 0 Å². The third-order valence-corrected chi connectivity index (χ3v) is 4.85. The van der Waals surface area contributed by atoms with Crippen molar-refractivity contribution in [3.05, 3.63) is 23.3 Å². The number of benzene rings is 1. The zero-order valence-corrected chi connectivity index (χ0v) is 11.1. The van der Waals surface area contributed by atoms with Crippen molar-refractivity contribution in [1.29, 1.82) is 0 Å². The summed E-state index contributed by atoms with van der Waals surface area (Å²) in [7, 11) is -2.69. The van der Waals surface area contributed by atoms with Crippen molar-refractivity contribution >= 4 is 25.8 Å². The summed E-state index contributed by atoms with van der Waals surface area (Å²) in [6.45, 7) is 10.9. The molecule has 2 N–H and O–H groups in total. The topological polar surface area (TPSA) is 40.5 Å². The zero-order chi connectivity index (χ0) is 11.8. The predicted molar refractivity (Wildman–Crippen MR) is 68.7 cm³/mol. The van der Waals surface area contributed by atoms with Crippen LogP contribution in [0, 0.1) is 13.8 Å². The largest absolute Gasteiger partial charge is 0.488 e. The lowest BCUT2D eigenvalue weighted by atomic mass is 9.76. The SMILES string of the molecule is Cc1cc([Si](C)(C)C)c(C)cc1B(O)O. The molecule has 0 heterocycles. The highest BCUT2D eigenvalue weighted by Crippen LogP contribution is 2.07. The van der Waals surface area contributed by atoms with Crippen LogP contribution in [0.4, 0.5) is 0 Å². The van der Waals surface area contributed by atoms with E-state index in [1.54, 1.807) is 0 Å². The molecule has 0 aromatic heterocycles. The van der Waals surface area contributed by atoms with Crippen LogP contribution < -0.4 is 10.6 Å². The van der Waals surface area contributed by atoms with Crippen LogP contribution in [-0.4, -0.2) is 25.2 Å². The summed E-state index contributed by atoms with van der Waals surface area (Å²) in [6.07, 6.45) is 0. The first kappa shape index (κ1) is 12.5. The molecule has 4 heteroatoms. The molecule has 0 atom stereocenters. The van der Waals surface area contributed by atoms with E-state index in [9.17, 15) is 10.0 Å². The van der Waals surface area contributed by atoms with Gasteiger partial charge in [-0.3, -0.25) is 0 Å². The molecule has 0 aliphatic carbocycles. The van der Waals surface area contributed by atoms with Crippen molar-refractivity contribution in [2.45, 2.75) is 33.5 Å². The van der Waals surface area contributed by atoms with Crippen molar-refractivity contribution in [3.8, 4) is 0 Å². The molecular weight excluding hydrogens is 203 g/mol. The molecule has 0 radical (unpaired) electrons. The summed E-state index contributed by atoms with van der Waals surface area (Å²) >= 11 is 0. The van der Waals surface area contributed by atoms with Gasteiger partial charge in [-0.2, -0.15) is 0 Å². The highest BCUT2D eigenvalue weighted by Gasteiger charge is 2.22. The first-order chi connectivity index (χ1) is 6.73. The summed E-state index contributed by atoms with van der Waals surface area (Å²) < 4.78 is 0. The van der Waals surface area contributed by atoms with Gasteiger partial charge in [0, 0.05) is 0 Å². The maximum absolute atomic E-state index is 9.19. The van der Waals surface area contributed by atoms with Gasteiger partial charge in [0.05, 0.1) is 8.07 Å². The second-order valence-corrected chi connectivity index (χ2v) is 10.2. The van der Waals surface area contributed by atoms with E-state index in [2.05, 4.69) is 25.7 Å². The molecule has 0 saturated heterocycles. The monoisotopic (exact) mass is 222 g/mol. The van der Waals surface area contributed by atoms with Crippen molar-refractivity contribution in [3.63, 3.8) is 0 Å². The van der Waals surface area contributed by atoms with Gasteiger partial charge in [-0.1, -0.05) is 48.1 Å². The quantitative estimate of drug-likeness (QED) is 0.716. The van der Waals surface area contributed by atoms with Gasteiger partial charge in [-0.25, -0.2) is 0 Å².